The second-order valence-corrected chi connectivity index (χ2v) is 6.00. The molecule has 110 valence electrons. The van der Waals surface area contributed by atoms with Gasteiger partial charge < -0.3 is 15.0 Å². The average molecular weight is 270 g/mol. The second kappa shape index (κ2) is 5.90. The Kier molecular flexibility index (Phi) is 4.96. The summed E-state index contributed by atoms with van der Waals surface area (Å²) < 4.78 is 5.19. The highest BCUT2D eigenvalue weighted by Crippen LogP contribution is 2.25. The summed E-state index contributed by atoms with van der Waals surface area (Å²) in [6.45, 7) is 10.0. The standard InChI is InChI=1S/C14H26N2O3/c1-7-9(2)11-13(18)16(10(3)12(17)15-11)14(4,5)8-19-6/h9-11H,7-8H2,1-6H3,(H,15,17). The smallest absolute Gasteiger partial charge is 0.246 e. The molecule has 1 fully saturated rings. The third kappa shape index (κ3) is 3.08. The number of methoxy groups -OCH3 is 1. The number of nitrogens with zero attached hydrogens (tertiary/aromatic N) is 1. The molecule has 2 amide bonds. The second-order valence-electron chi connectivity index (χ2n) is 6.00. The maximum Gasteiger partial charge on any atom is 0.246 e. The SMILES string of the molecule is CCC(C)C1NC(=O)C(C)N(C(C)(C)COC)C1=O. The number of hydrogen-bond donors (Lipinski definition) is 1. The predicted molar refractivity (Wildman–Crippen MR) is 73.6 cm³/mol. The fraction of sp³-hybridized carbons (Fsp3) is 0.857. The maximum absolute atomic E-state index is 12.7. The van der Waals surface area contributed by atoms with Crippen molar-refractivity contribution in [1.29, 1.82) is 0 Å². The zero-order valence-electron chi connectivity index (χ0n) is 12.8. The third-order valence-corrected chi connectivity index (χ3v) is 3.93. The average Bonchev–Trinajstić information content (AvgIpc) is 2.32. The van der Waals surface area contributed by atoms with Crippen LogP contribution in [0, 0.1) is 5.92 Å². The van der Waals surface area contributed by atoms with Crippen molar-refractivity contribution < 1.29 is 14.3 Å². The lowest BCUT2D eigenvalue weighted by Gasteiger charge is -2.47. The lowest BCUT2D eigenvalue weighted by Crippen LogP contribution is -2.69. The zero-order valence-corrected chi connectivity index (χ0v) is 12.8. The minimum absolute atomic E-state index is 0.0106. The van der Waals surface area contributed by atoms with Gasteiger partial charge in [-0.3, -0.25) is 9.59 Å². The van der Waals surface area contributed by atoms with E-state index in [0.29, 0.717) is 6.61 Å². The highest BCUT2D eigenvalue weighted by Gasteiger charge is 2.46. The van der Waals surface area contributed by atoms with Crippen molar-refractivity contribution in [2.75, 3.05) is 13.7 Å². The first-order chi connectivity index (χ1) is 8.76. The number of carbonyl (C=O) groups excluding carboxylic acids is 2. The molecule has 0 saturated carbocycles. The van der Waals surface area contributed by atoms with E-state index in [-0.39, 0.29) is 17.7 Å². The molecule has 5 nitrogen and oxygen atoms in total. The summed E-state index contributed by atoms with van der Waals surface area (Å²) in [6.07, 6.45) is 0.851. The first-order valence-corrected chi connectivity index (χ1v) is 6.88. The van der Waals surface area contributed by atoms with Crippen molar-refractivity contribution >= 4 is 11.8 Å². The minimum Gasteiger partial charge on any atom is -0.382 e. The summed E-state index contributed by atoms with van der Waals surface area (Å²) >= 11 is 0. The molecule has 1 rings (SSSR count). The van der Waals surface area contributed by atoms with E-state index in [2.05, 4.69) is 5.32 Å². The molecule has 0 aromatic rings. The molecular weight excluding hydrogens is 244 g/mol. The van der Waals surface area contributed by atoms with Crippen LogP contribution < -0.4 is 5.32 Å². The number of amides is 2. The van der Waals surface area contributed by atoms with Crippen LogP contribution in [0.3, 0.4) is 0 Å². The molecule has 0 aromatic heterocycles. The minimum atomic E-state index is -0.491. The molecule has 1 N–H and O–H groups in total. The summed E-state index contributed by atoms with van der Waals surface area (Å²) in [5, 5.41) is 2.84. The van der Waals surface area contributed by atoms with Gasteiger partial charge in [-0.15, -0.1) is 0 Å². The lowest BCUT2D eigenvalue weighted by molar-refractivity contribution is -0.158. The van der Waals surface area contributed by atoms with Crippen LogP contribution in [-0.2, 0) is 14.3 Å². The Morgan fingerprint density at radius 1 is 1.42 bits per heavy atom. The van der Waals surface area contributed by atoms with E-state index in [1.54, 1.807) is 18.9 Å². The molecule has 1 aliphatic heterocycles. The number of piperazine rings is 1. The highest BCUT2D eigenvalue weighted by molar-refractivity contribution is 5.97. The third-order valence-electron chi connectivity index (χ3n) is 3.93. The van der Waals surface area contributed by atoms with Gasteiger partial charge >= 0.3 is 0 Å². The lowest BCUT2D eigenvalue weighted by atomic mass is 9.90. The molecule has 0 aliphatic carbocycles. The van der Waals surface area contributed by atoms with Crippen LogP contribution in [0.25, 0.3) is 0 Å². The van der Waals surface area contributed by atoms with Crippen LogP contribution in [0.5, 0.6) is 0 Å². The molecular formula is C14H26N2O3. The van der Waals surface area contributed by atoms with Gasteiger partial charge in [-0.05, 0) is 26.7 Å². The summed E-state index contributed by atoms with van der Waals surface area (Å²) in [5.74, 6) is 0.0300. The molecule has 1 aliphatic rings. The van der Waals surface area contributed by atoms with Gasteiger partial charge in [0, 0.05) is 7.11 Å². The Balaban J connectivity index is 3.06. The molecule has 1 heterocycles. The Morgan fingerprint density at radius 3 is 2.47 bits per heavy atom. The van der Waals surface area contributed by atoms with E-state index >= 15 is 0 Å². The zero-order chi connectivity index (χ0) is 14.8. The molecule has 19 heavy (non-hydrogen) atoms. The van der Waals surface area contributed by atoms with E-state index in [1.807, 2.05) is 27.7 Å². The van der Waals surface area contributed by atoms with Gasteiger partial charge in [0.1, 0.15) is 12.1 Å². The largest absolute Gasteiger partial charge is 0.382 e. The van der Waals surface area contributed by atoms with Gasteiger partial charge in [-0.1, -0.05) is 20.3 Å². The van der Waals surface area contributed by atoms with Gasteiger partial charge in [0.25, 0.3) is 0 Å². The fourth-order valence-electron chi connectivity index (χ4n) is 2.66. The Morgan fingerprint density at radius 2 is 2.00 bits per heavy atom. The van der Waals surface area contributed by atoms with E-state index in [4.69, 9.17) is 4.74 Å². The predicted octanol–water partition coefficient (Wildman–Crippen LogP) is 1.17. The molecule has 0 spiro atoms. The topological polar surface area (TPSA) is 58.6 Å². The van der Waals surface area contributed by atoms with Gasteiger partial charge in [-0.2, -0.15) is 0 Å². The molecule has 3 atom stereocenters. The van der Waals surface area contributed by atoms with Crippen molar-refractivity contribution in [3.05, 3.63) is 0 Å². The van der Waals surface area contributed by atoms with E-state index in [1.165, 1.54) is 0 Å². The number of rotatable bonds is 5. The van der Waals surface area contributed by atoms with Crippen molar-refractivity contribution in [3.63, 3.8) is 0 Å². The van der Waals surface area contributed by atoms with Crippen LogP contribution in [0.1, 0.15) is 41.0 Å². The van der Waals surface area contributed by atoms with Crippen LogP contribution in [0.15, 0.2) is 0 Å². The van der Waals surface area contributed by atoms with Crippen molar-refractivity contribution in [3.8, 4) is 0 Å². The van der Waals surface area contributed by atoms with Gasteiger partial charge in [0.15, 0.2) is 0 Å². The number of nitrogens with one attached hydrogen (secondary N) is 1. The van der Waals surface area contributed by atoms with E-state index in [9.17, 15) is 9.59 Å². The normalized spacial score (nSPS) is 26.3. The van der Waals surface area contributed by atoms with Crippen LogP contribution in [0.4, 0.5) is 0 Å². The molecule has 5 heteroatoms. The summed E-state index contributed by atoms with van der Waals surface area (Å²) in [7, 11) is 1.60. The van der Waals surface area contributed by atoms with Crippen molar-refractivity contribution in [1.82, 2.24) is 10.2 Å². The molecule has 0 aromatic carbocycles. The molecule has 1 saturated heterocycles. The first kappa shape index (κ1) is 16.0. The molecule has 3 unspecified atom stereocenters. The van der Waals surface area contributed by atoms with E-state index < -0.39 is 17.6 Å². The van der Waals surface area contributed by atoms with Crippen LogP contribution >= 0.6 is 0 Å². The van der Waals surface area contributed by atoms with Crippen LogP contribution in [0.2, 0.25) is 0 Å². The van der Waals surface area contributed by atoms with E-state index in [0.717, 1.165) is 6.42 Å². The molecule has 0 bridgehead atoms. The van der Waals surface area contributed by atoms with Crippen molar-refractivity contribution in [2.45, 2.75) is 58.7 Å². The quantitative estimate of drug-likeness (QED) is 0.816. The Bertz CT molecular complexity index is 355. The van der Waals surface area contributed by atoms with Gasteiger partial charge in [0.05, 0.1) is 12.1 Å². The summed E-state index contributed by atoms with van der Waals surface area (Å²) in [5.41, 5.74) is -0.491. The fourth-order valence-corrected chi connectivity index (χ4v) is 2.66. The monoisotopic (exact) mass is 270 g/mol. The summed E-state index contributed by atoms with van der Waals surface area (Å²) in [4.78, 5) is 26.4. The molecule has 0 radical (unpaired) electrons. The Labute approximate surface area is 115 Å². The number of carbonyl (C=O) groups is 2. The Hall–Kier alpha value is -1.10. The number of ether oxygens (including phenoxy) is 1. The number of hydrogen-bond acceptors (Lipinski definition) is 3. The van der Waals surface area contributed by atoms with Gasteiger partial charge in [-0.25, -0.2) is 0 Å². The highest BCUT2D eigenvalue weighted by atomic mass is 16.5. The van der Waals surface area contributed by atoms with Crippen LogP contribution in [-0.4, -0.2) is 48.1 Å². The maximum atomic E-state index is 12.7. The van der Waals surface area contributed by atoms with Crippen molar-refractivity contribution in [2.24, 2.45) is 5.92 Å². The van der Waals surface area contributed by atoms with Gasteiger partial charge in [0.2, 0.25) is 11.8 Å². The first-order valence-electron chi connectivity index (χ1n) is 6.88. The summed E-state index contributed by atoms with van der Waals surface area (Å²) in [6, 6.07) is -0.886.